The Morgan fingerprint density at radius 2 is 2.12 bits per heavy atom. The summed E-state index contributed by atoms with van der Waals surface area (Å²) in [6.45, 7) is 4.40. The van der Waals surface area contributed by atoms with Crippen LogP contribution in [-0.4, -0.2) is 18.1 Å². The van der Waals surface area contributed by atoms with Crippen molar-refractivity contribution in [3.05, 3.63) is 0 Å². The molecule has 0 fully saturated rings. The zero-order valence-corrected chi connectivity index (χ0v) is 6.33. The second-order valence-electron chi connectivity index (χ2n) is 2.17. The fourth-order valence-electron chi connectivity index (χ4n) is 0.378. The summed E-state index contributed by atoms with van der Waals surface area (Å²) in [6.07, 6.45) is 0. The fourth-order valence-corrected chi connectivity index (χ4v) is 1.13. The van der Waals surface area contributed by atoms with Crippen molar-refractivity contribution < 1.29 is 5.11 Å². The Labute approximate surface area is 55.5 Å². The molecule has 0 spiro atoms. The first-order chi connectivity index (χ1) is 3.77. The molecule has 0 amide bonds. The number of rotatable bonds is 4. The lowest BCUT2D eigenvalue weighted by atomic mass is 10.3. The van der Waals surface area contributed by atoms with Crippen LogP contribution in [0.2, 0.25) is 0 Å². The van der Waals surface area contributed by atoms with Gasteiger partial charge in [0.2, 0.25) is 0 Å². The molecule has 1 nitrogen and oxygen atoms in total. The first-order valence-electron chi connectivity index (χ1n) is 2.93. The minimum atomic E-state index is 0.0669. The summed E-state index contributed by atoms with van der Waals surface area (Å²) in [5, 5.41) is 9.89. The molecule has 0 aliphatic heterocycles. The quantitative estimate of drug-likeness (QED) is 0.535. The third-order valence-corrected chi connectivity index (χ3v) is 2.04. The third-order valence-electron chi connectivity index (χ3n) is 0.679. The fraction of sp³-hybridized carbons (Fsp3) is 1.00. The van der Waals surface area contributed by atoms with Gasteiger partial charge in [-0.25, -0.2) is 5.11 Å². The monoisotopic (exact) mass is 133 g/mol. The maximum Gasteiger partial charge on any atom is 0.0912 e. The standard InChI is InChI=1S/C6H13OS/c1-6(2)5-8-4-3-7/h6H,3-5H2,1-2H3. The van der Waals surface area contributed by atoms with Gasteiger partial charge in [0.1, 0.15) is 0 Å². The van der Waals surface area contributed by atoms with Crippen LogP contribution in [0, 0.1) is 5.92 Å². The lowest BCUT2D eigenvalue weighted by molar-refractivity contribution is 0.215. The van der Waals surface area contributed by atoms with Gasteiger partial charge in [-0.3, -0.25) is 0 Å². The molecule has 0 aliphatic rings. The number of hydrogen-bond acceptors (Lipinski definition) is 1. The minimum Gasteiger partial charge on any atom is -0.236 e. The molecule has 0 saturated carbocycles. The van der Waals surface area contributed by atoms with Gasteiger partial charge in [-0.05, 0) is 11.7 Å². The Kier molecular flexibility index (Phi) is 5.66. The van der Waals surface area contributed by atoms with Crippen molar-refractivity contribution in [2.24, 2.45) is 5.92 Å². The van der Waals surface area contributed by atoms with E-state index in [1.54, 1.807) is 11.8 Å². The maximum atomic E-state index is 9.89. The Morgan fingerprint density at radius 1 is 1.50 bits per heavy atom. The Bertz CT molecular complexity index is 45.8. The molecule has 0 aromatic heterocycles. The van der Waals surface area contributed by atoms with E-state index in [2.05, 4.69) is 13.8 Å². The highest BCUT2D eigenvalue weighted by atomic mass is 32.2. The molecular formula is C6H13OS. The van der Waals surface area contributed by atoms with Gasteiger partial charge in [0, 0.05) is 5.75 Å². The minimum absolute atomic E-state index is 0.0669. The summed E-state index contributed by atoms with van der Waals surface area (Å²) >= 11 is 1.75. The van der Waals surface area contributed by atoms with Crippen molar-refractivity contribution in [3.63, 3.8) is 0 Å². The van der Waals surface area contributed by atoms with Crippen molar-refractivity contribution >= 4 is 11.8 Å². The topological polar surface area (TPSA) is 19.9 Å². The van der Waals surface area contributed by atoms with Crippen LogP contribution in [0.3, 0.4) is 0 Å². The summed E-state index contributed by atoms with van der Waals surface area (Å²) in [4.78, 5) is 0. The second kappa shape index (κ2) is 5.45. The molecule has 2 heteroatoms. The lowest BCUT2D eigenvalue weighted by Crippen LogP contribution is -1.93. The predicted octanol–water partition coefficient (Wildman–Crippen LogP) is 1.81. The van der Waals surface area contributed by atoms with Crippen LogP contribution in [0.25, 0.3) is 0 Å². The smallest absolute Gasteiger partial charge is 0.0912 e. The van der Waals surface area contributed by atoms with Crippen molar-refractivity contribution in [2.45, 2.75) is 13.8 Å². The van der Waals surface area contributed by atoms with E-state index in [1.165, 1.54) is 0 Å². The molecule has 49 valence electrons. The normalized spacial score (nSPS) is 10.5. The molecule has 0 aliphatic carbocycles. The Morgan fingerprint density at radius 3 is 2.50 bits per heavy atom. The molecule has 0 N–H and O–H groups in total. The zero-order chi connectivity index (χ0) is 6.41. The molecule has 0 aromatic carbocycles. The number of thioether (sulfide) groups is 1. The third kappa shape index (κ3) is 6.31. The molecular weight excluding hydrogens is 120 g/mol. The summed E-state index contributed by atoms with van der Waals surface area (Å²) in [5.41, 5.74) is 0. The molecule has 8 heavy (non-hydrogen) atoms. The molecule has 0 rings (SSSR count). The van der Waals surface area contributed by atoms with Gasteiger partial charge < -0.3 is 0 Å². The molecule has 0 atom stereocenters. The SMILES string of the molecule is CC(C)CSCC[O]. The molecule has 0 saturated heterocycles. The van der Waals surface area contributed by atoms with E-state index in [0.29, 0.717) is 0 Å². The Hall–Kier alpha value is 0.310. The summed E-state index contributed by atoms with van der Waals surface area (Å²) in [5.74, 6) is 2.63. The van der Waals surface area contributed by atoms with Gasteiger partial charge in [-0.15, -0.1) is 0 Å². The van der Waals surface area contributed by atoms with Crippen molar-refractivity contribution in [2.75, 3.05) is 18.1 Å². The molecule has 0 heterocycles. The average Bonchev–Trinajstić information content (AvgIpc) is 1.66. The van der Waals surface area contributed by atoms with Crippen LogP contribution in [-0.2, 0) is 5.11 Å². The van der Waals surface area contributed by atoms with E-state index in [-0.39, 0.29) is 6.61 Å². The van der Waals surface area contributed by atoms with Crippen LogP contribution in [0.15, 0.2) is 0 Å². The summed E-state index contributed by atoms with van der Waals surface area (Å²) < 4.78 is 0. The largest absolute Gasteiger partial charge is 0.236 e. The van der Waals surface area contributed by atoms with Gasteiger partial charge >= 0.3 is 0 Å². The average molecular weight is 133 g/mol. The maximum absolute atomic E-state index is 9.89. The van der Waals surface area contributed by atoms with Crippen LogP contribution in [0.5, 0.6) is 0 Å². The highest BCUT2D eigenvalue weighted by Gasteiger charge is 1.91. The van der Waals surface area contributed by atoms with Crippen molar-refractivity contribution in [1.29, 1.82) is 0 Å². The van der Waals surface area contributed by atoms with E-state index in [1.807, 2.05) is 0 Å². The highest BCUT2D eigenvalue weighted by molar-refractivity contribution is 7.99. The van der Waals surface area contributed by atoms with E-state index in [9.17, 15) is 5.11 Å². The van der Waals surface area contributed by atoms with Crippen LogP contribution < -0.4 is 0 Å². The van der Waals surface area contributed by atoms with E-state index >= 15 is 0 Å². The molecule has 1 radical (unpaired) electrons. The first kappa shape index (κ1) is 8.31. The Balaban J connectivity index is 2.72. The summed E-state index contributed by atoms with van der Waals surface area (Å²) in [6, 6.07) is 0. The van der Waals surface area contributed by atoms with Gasteiger partial charge in [-0.1, -0.05) is 13.8 Å². The first-order valence-corrected chi connectivity index (χ1v) is 4.08. The highest BCUT2D eigenvalue weighted by Crippen LogP contribution is 2.05. The zero-order valence-electron chi connectivity index (χ0n) is 5.52. The molecule has 0 unspecified atom stereocenters. The summed E-state index contributed by atoms with van der Waals surface area (Å²) in [7, 11) is 0. The van der Waals surface area contributed by atoms with E-state index in [4.69, 9.17) is 0 Å². The second-order valence-corrected chi connectivity index (χ2v) is 3.32. The molecule has 0 bridgehead atoms. The number of hydrogen-bond donors (Lipinski definition) is 0. The van der Waals surface area contributed by atoms with Crippen LogP contribution in [0.4, 0.5) is 0 Å². The molecule has 0 aromatic rings. The van der Waals surface area contributed by atoms with E-state index in [0.717, 1.165) is 17.4 Å². The van der Waals surface area contributed by atoms with Crippen molar-refractivity contribution in [1.82, 2.24) is 0 Å². The van der Waals surface area contributed by atoms with E-state index < -0.39 is 0 Å². The van der Waals surface area contributed by atoms with Gasteiger partial charge in [-0.2, -0.15) is 11.8 Å². The van der Waals surface area contributed by atoms with Gasteiger partial charge in [0.25, 0.3) is 0 Å². The lowest BCUT2D eigenvalue weighted by Gasteiger charge is -1.99. The van der Waals surface area contributed by atoms with Crippen LogP contribution >= 0.6 is 11.8 Å². The predicted molar refractivity (Wildman–Crippen MR) is 37.7 cm³/mol. The van der Waals surface area contributed by atoms with Crippen molar-refractivity contribution in [3.8, 4) is 0 Å². The van der Waals surface area contributed by atoms with Crippen LogP contribution in [0.1, 0.15) is 13.8 Å². The van der Waals surface area contributed by atoms with Gasteiger partial charge in [0.15, 0.2) is 0 Å². The van der Waals surface area contributed by atoms with Gasteiger partial charge in [0.05, 0.1) is 6.61 Å².